The molecule has 0 N–H and O–H groups in total. The summed E-state index contributed by atoms with van der Waals surface area (Å²) < 4.78 is 0. The molecule has 0 unspecified atom stereocenters. The normalized spacial score (nSPS) is 21.9. The summed E-state index contributed by atoms with van der Waals surface area (Å²) in [6, 6.07) is 9.55. The molecule has 1 aromatic carbocycles. The van der Waals surface area contributed by atoms with Crippen LogP contribution in [0.5, 0.6) is 0 Å². The van der Waals surface area contributed by atoms with Crippen molar-refractivity contribution in [1.29, 1.82) is 0 Å². The molecule has 0 aromatic heterocycles. The lowest BCUT2D eigenvalue weighted by Crippen LogP contribution is -2.13. The molecule has 0 saturated heterocycles. The van der Waals surface area contributed by atoms with Gasteiger partial charge in [0, 0.05) is 5.88 Å². The van der Waals surface area contributed by atoms with Gasteiger partial charge in [0.15, 0.2) is 0 Å². The van der Waals surface area contributed by atoms with Crippen LogP contribution in [0.2, 0.25) is 0 Å². The second-order valence-corrected chi connectivity index (χ2v) is 7.48. The summed E-state index contributed by atoms with van der Waals surface area (Å²) in [7, 11) is 0. The zero-order valence-corrected chi connectivity index (χ0v) is 15.1. The molecule has 0 amide bonds. The van der Waals surface area contributed by atoms with Gasteiger partial charge in [-0.1, -0.05) is 56.9 Å². The maximum Gasteiger partial charge on any atom is 0.0223 e. The molecule has 1 fully saturated rings. The first kappa shape index (κ1) is 17.9. The molecular formula is C21H33Cl. The summed E-state index contributed by atoms with van der Waals surface area (Å²) in [5.74, 6) is 2.61. The lowest BCUT2D eigenvalue weighted by Gasteiger charge is -2.29. The van der Waals surface area contributed by atoms with Gasteiger partial charge in [0.05, 0.1) is 0 Å². The fourth-order valence-electron chi connectivity index (χ4n) is 3.85. The van der Waals surface area contributed by atoms with Crippen LogP contribution in [-0.4, -0.2) is 5.88 Å². The summed E-state index contributed by atoms with van der Waals surface area (Å²) in [6.45, 7) is 2.27. The van der Waals surface area contributed by atoms with Crippen molar-refractivity contribution in [2.45, 2.75) is 83.5 Å². The highest BCUT2D eigenvalue weighted by molar-refractivity contribution is 6.17. The predicted molar refractivity (Wildman–Crippen MR) is 98.9 cm³/mol. The average molecular weight is 321 g/mol. The maximum atomic E-state index is 5.78. The van der Waals surface area contributed by atoms with Gasteiger partial charge in [0.2, 0.25) is 0 Å². The first-order valence-corrected chi connectivity index (χ1v) is 10.0. The van der Waals surface area contributed by atoms with Gasteiger partial charge >= 0.3 is 0 Å². The van der Waals surface area contributed by atoms with E-state index in [1.54, 1.807) is 5.56 Å². The molecular weight excluding hydrogens is 288 g/mol. The van der Waals surface area contributed by atoms with Gasteiger partial charge in [-0.05, 0) is 67.9 Å². The van der Waals surface area contributed by atoms with E-state index in [-0.39, 0.29) is 0 Å². The molecule has 124 valence electrons. The van der Waals surface area contributed by atoms with Crippen LogP contribution < -0.4 is 0 Å². The Hall–Kier alpha value is -0.490. The van der Waals surface area contributed by atoms with Crippen molar-refractivity contribution < 1.29 is 0 Å². The van der Waals surface area contributed by atoms with Gasteiger partial charge in [0.25, 0.3) is 0 Å². The van der Waals surface area contributed by atoms with E-state index in [9.17, 15) is 0 Å². The maximum absolute atomic E-state index is 5.78. The van der Waals surface area contributed by atoms with Crippen LogP contribution in [0.15, 0.2) is 24.3 Å². The van der Waals surface area contributed by atoms with Crippen LogP contribution in [0.3, 0.4) is 0 Å². The zero-order valence-electron chi connectivity index (χ0n) is 14.3. The van der Waals surface area contributed by atoms with Crippen LogP contribution in [0.1, 0.15) is 88.2 Å². The van der Waals surface area contributed by atoms with Gasteiger partial charge in [-0.25, -0.2) is 0 Å². The Morgan fingerprint density at radius 3 is 2.27 bits per heavy atom. The third-order valence-corrected chi connectivity index (χ3v) is 5.63. The molecule has 1 aliphatic rings. The van der Waals surface area contributed by atoms with Crippen molar-refractivity contribution in [1.82, 2.24) is 0 Å². The number of hydrogen-bond acceptors (Lipinski definition) is 0. The Morgan fingerprint density at radius 1 is 0.909 bits per heavy atom. The van der Waals surface area contributed by atoms with Crippen molar-refractivity contribution in [3.63, 3.8) is 0 Å². The topological polar surface area (TPSA) is 0 Å². The smallest absolute Gasteiger partial charge is 0.0223 e. The monoisotopic (exact) mass is 320 g/mol. The second-order valence-electron chi connectivity index (χ2n) is 7.10. The van der Waals surface area contributed by atoms with Crippen molar-refractivity contribution in [3.05, 3.63) is 35.4 Å². The van der Waals surface area contributed by atoms with Crippen LogP contribution in [0.4, 0.5) is 0 Å². The molecule has 1 heteroatoms. The van der Waals surface area contributed by atoms with Crippen LogP contribution >= 0.6 is 11.6 Å². The van der Waals surface area contributed by atoms with E-state index >= 15 is 0 Å². The van der Waals surface area contributed by atoms with Crippen LogP contribution in [0.25, 0.3) is 0 Å². The lowest BCUT2D eigenvalue weighted by molar-refractivity contribution is 0.304. The third kappa shape index (κ3) is 5.95. The van der Waals surface area contributed by atoms with E-state index in [1.807, 2.05) is 0 Å². The molecule has 1 aliphatic carbocycles. The molecule has 22 heavy (non-hydrogen) atoms. The first-order valence-electron chi connectivity index (χ1n) is 9.48. The van der Waals surface area contributed by atoms with E-state index in [4.69, 9.17) is 11.6 Å². The number of alkyl halides is 1. The van der Waals surface area contributed by atoms with E-state index in [0.29, 0.717) is 0 Å². The predicted octanol–water partition coefficient (Wildman–Crippen LogP) is 7.10. The Morgan fingerprint density at radius 2 is 1.64 bits per heavy atom. The number of benzene rings is 1. The number of rotatable bonds is 9. The molecule has 1 saturated carbocycles. The molecule has 1 aromatic rings. The summed E-state index contributed by atoms with van der Waals surface area (Å²) in [4.78, 5) is 0. The van der Waals surface area contributed by atoms with Crippen molar-refractivity contribution >= 4 is 11.6 Å². The Kier molecular flexibility index (Phi) is 8.37. The fraction of sp³-hybridized carbons (Fsp3) is 0.714. The van der Waals surface area contributed by atoms with Crippen molar-refractivity contribution in [3.8, 4) is 0 Å². The average Bonchev–Trinajstić information content (AvgIpc) is 2.57. The molecule has 2 rings (SSSR count). The van der Waals surface area contributed by atoms with Crippen LogP contribution in [0, 0.1) is 5.92 Å². The Labute approximate surface area is 142 Å². The largest absolute Gasteiger partial charge is 0.127 e. The van der Waals surface area contributed by atoms with Gasteiger partial charge in [-0.2, -0.15) is 0 Å². The third-order valence-electron chi connectivity index (χ3n) is 5.36. The SMILES string of the molecule is CCCCCc1ccc([C@H]2CC[C@H](CCCCCl)CC2)cc1. The summed E-state index contributed by atoms with van der Waals surface area (Å²) >= 11 is 5.78. The molecule has 0 aliphatic heterocycles. The van der Waals surface area contributed by atoms with Crippen molar-refractivity contribution in [2.24, 2.45) is 5.92 Å². The number of hydrogen-bond donors (Lipinski definition) is 0. The van der Waals surface area contributed by atoms with Gasteiger partial charge in [-0.15, -0.1) is 11.6 Å². The number of halogens is 1. The molecule has 0 heterocycles. The number of unbranched alkanes of at least 4 members (excludes halogenated alkanes) is 3. The summed E-state index contributed by atoms with van der Waals surface area (Å²) in [6.07, 6.45) is 14.8. The van der Waals surface area contributed by atoms with Gasteiger partial charge < -0.3 is 0 Å². The molecule has 0 nitrogen and oxygen atoms in total. The van der Waals surface area contributed by atoms with Gasteiger partial charge in [0.1, 0.15) is 0 Å². The summed E-state index contributed by atoms with van der Waals surface area (Å²) in [5.41, 5.74) is 3.10. The molecule has 0 radical (unpaired) electrons. The zero-order chi connectivity index (χ0) is 15.6. The summed E-state index contributed by atoms with van der Waals surface area (Å²) in [5, 5.41) is 0. The molecule has 0 spiro atoms. The number of aryl methyl sites for hydroxylation is 1. The van der Waals surface area contributed by atoms with Crippen molar-refractivity contribution in [2.75, 3.05) is 5.88 Å². The Bertz CT molecular complexity index is 387. The van der Waals surface area contributed by atoms with E-state index in [0.717, 1.165) is 17.7 Å². The minimum atomic E-state index is 0.814. The second kappa shape index (κ2) is 10.3. The lowest BCUT2D eigenvalue weighted by atomic mass is 9.77. The van der Waals surface area contributed by atoms with Gasteiger partial charge in [-0.3, -0.25) is 0 Å². The van der Waals surface area contributed by atoms with E-state index < -0.39 is 0 Å². The van der Waals surface area contributed by atoms with E-state index in [1.165, 1.54) is 76.2 Å². The fourth-order valence-corrected chi connectivity index (χ4v) is 4.04. The minimum absolute atomic E-state index is 0.814. The highest BCUT2D eigenvalue weighted by Crippen LogP contribution is 2.37. The quantitative estimate of drug-likeness (QED) is 0.336. The highest BCUT2D eigenvalue weighted by atomic mass is 35.5. The molecule has 0 atom stereocenters. The molecule has 0 bridgehead atoms. The van der Waals surface area contributed by atoms with Crippen LogP contribution in [-0.2, 0) is 6.42 Å². The minimum Gasteiger partial charge on any atom is -0.127 e. The standard InChI is InChI=1S/C21H33Cl/c1-2-3-4-7-18-9-13-20(14-10-18)21-15-11-19(12-16-21)8-5-6-17-22/h9-10,13-14,19,21H,2-8,11-12,15-17H2,1H3/t19-,21-. The first-order chi connectivity index (χ1) is 10.8. The van der Waals surface area contributed by atoms with E-state index in [2.05, 4.69) is 31.2 Å². The Balaban J connectivity index is 1.74. The highest BCUT2D eigenvalue weighted by Gasteiger charge is 2.21.